The number of hydrogen-bond donors (Lipinski definition) is 0. The van der Waals surface area contributed by atoms with Gasteiger partial charge in [0.25, 0.3) is 0 Å². The van der Waals surface area contributed by atoms with Gasteiger partial charge >= 0.3 is 0 Å². The van der Waals surface area contributed by atoms with E-state index >= 15 is 0 Å². The van der Waals surface area contributed by atoms with Crippen molar-refractivity contribution in [3.8, 4) is 0 Å². The van der Waals surface area contributed by atoms with E-state index in [0.29, 0.717) is 5.56 Å². The fraction of sp³-hybridized carbons (Fsp3) is 0.188. The van der Waals surface area contributed by atoms with Crippen LogP contribution in [0.4, 0.5) is 0 Å². The first kappa shape index (κ1) is 17.0. The van der Waals surface area contributed by atoms with Gasteiger partial charge in [-0.2, -0.15) is 0 Å². The van der Waals surface area contributed by atoms with Crippen LogP contribution in [0.5, 0.6) is 0 Å². The molecule has 0 aliphatic heterocycles. The highest BCUT2D eigenvalue weighted by Crippen LogP contribution is 2.34. The van der Waals surface area contributed by atoms with Crippen molar-refractivity contribution in [2.24, 2.45) is 0 Å². The number of carbonyl (C=O) groups excluding carboxylic acids is 1. The zero-order valence-electron chi connectivity index (χ0n) is 11.8. The Bertz CT molecular complexity index is 786. The predicted molar refractivity (Wildman–Crippen MR) is 88.1 cm³/mol. The van der Waals surface area contributed by atoms with Gasteiger partial charge in [-0.3, -0.25) is 4.79 Å². The summed E-state index contributed by atoms with van der Waals surface area (Å²) in [5, 5.41) is -0.496. The van der Waals surface area contributed by atoms with Crippen molar-refractivity contribution < 1.29 is 13.2 Å². The summed E-state index contributed by atoms with van der Waals surface area (Å²) in [5.74, 6) is -0.197. The summed E-state index contributed by atoms with van der Waals surface area (Å²) in [6.07, 6.45) is -0.0907. The summed E-state index contributed by atoms with van der Waals surface area (Å²) in [6, 6.07) is 12.8. The Labute approximate surface area is 139 Å². The lowest BCUT2D eigenvalue weighted by molar-refractivity contribution is -0.117. The van der Waals surface area contributed by atoms with Gasteiger partial charge in [0.05, 0.1) is 20.2 Å². The third kappa shape index (κ3) is 3.69. The van der Waals surface area contributed by atoms with Crippen molar-refractivity contribution >= 4 is 38.8 Å². The molecule has 116 valence electrons. The van der Waals surface area contributed by atoms with Gasteiger partial charge in [-0.25, -0.2) is 8.42 Å². The van der Waals surface area contributed by atoms with E-state index < -0.39 is 15.1 Å². The molecule has 0 aliphatic rings. The zero-order chi connectivity index (χ0) is 16.3. The number of benzene rings is 2. The molecule has 2 rings (SSSR count). The van der Waals surface area contributed by atoms with Crippen LogP contribution in [-0.4, -0.2) is 14.2 Å². The van der Waals surface area contributed by atoms with Crippen LogP contribution >= 0.6 is 23.2 Å². The summed E-state index contributed by atoms with van der Waals surface area (Å²) in [6.45, 7) is 1.38. The van der Waals surface area contributed by atoms with Crippen molar-refractivity contribution in [3.63, 3.8) is 0 Å². The smallest absolute Gasteiger partial charge is 0.185 e. The minimum atomic E-state index is -3.75. The Morgan fingerprint density at radius 2 is 1.68 bits per heavy atom. The Morgan fingerprint density at radius 3 is 2.23 bits per heavy atom. The molecule has 0 fully saturated rings. The number of Topliss-reactive ketones (excluding diaryl/α,β-unsaturated/α-hetero) is 1. The summed E-state index contributed by atoms with van der Waals surface area (Å²) >= 11 is 11.7. The van der Waals surface area contributed by atoms with Gasteiger partial charge in [-0.05, 0) is 30.7 Å². The zero-order valence-corrected chi connectivity index (χ0v) is 14.1. The predicted octanol–water partition coefficient (Wildman–Crippen LogP) is 4.49. The van der Waals surface area contributed by atoms with Gasteiger partial charge in [0.2, 0.25) is 0 Å². The van der Waals surface area contributed by atoms with E-state index in [9.17, 15) is 13.2 Å². The van der Waals surface area contributed by atoms with Gasteiger partial charge in [0.15, 0.2) is 9.84 Å². The van der Waals surface area contributed by atoms with Crippen LogP contribution in [0.15, 0.2) is 53.4 Å². The van der Waals surface area contributed by atoms with Crippen molar-refractivity contribution in [3.05, 3.63) is 64.1 Å². The highest BCUT2D eigenvalue weighted by Gasteiger charge is 2.30. The molecule has 0 heterocycles. The molecular formula is C16H14Cl2O3S. The second kappa shape index (κ2) is 6.82. The van der Waals surface area contributed by atoms with Gasteiger partial charge < -0.3 is 0 Å². The van der Waals surface area contributed by atoms with E-state index in [2.05, 4.69) is 0 Å². The second-order valence-electron chi connectivity index (χ2n) is 4.93. The first-order chi connectivity index (χ1) is 10.3. The Hall–Kier alpha value is -1.36. The topological polar surface area (TPSA) is 51.2 Å². The molecule has 0 aromatic heterocycles. The lowest BCUT2D eigenvalue weighted by atomic mass is 10.1. The third-order valence-corrected chi connectivity index (χ3v) is 6.08. The maximum atomic E-state index is 12.9. The average molecular weight is 357 g/mol. The van der Waals surface area contributed by atoms with Crippen LogP contribution < -0.4 is 0 Å². The minimum absolute atomic E-state index is 0.0528. The summed E-state index contributed by atoms with van der Waals surface area (Å²) in [7, 11) is -3.75. The number of halogens is 2. The van der Waals surface area contributed by atoms with Crippen LogP contribution in [0.25, 0.3) is 0 Å². The molecule has 0 amide bonds. The van der Waals surface area contributed by atoms with Gasteiger partial charge in [-0.15, -0.1) is 0 Å². The van der Waals surface area contributed by atoms with E-state index in [1.807, 2.05) is 0 Å². The lowest BCUT2D eigenvalue weighted by Crippen LogP contribution is -2.16. The molecule has 0 aliphatic carbocycles. The van der Waals surface area contributed by atoms with Crippen LogP contribution in [0.2, 0.25) is 10.0 Å². The standard InChI is InChI=1S/C16H14Cl2O3S/c1-11(19)9-16(12-5-3-2-4-6-12)22(20,21)13-7-8-14(17)15(18)10-13/h2-8,10,16H,9H2,1H3. The van der Waals surface area contributed by atoms with Crippen molar-refractivity contribution in [1.29, 1.82) is 0 Å². The molecule has 2 aromatic carbocycles. The fourth-order valence-electron chi connectivity index (χ4n) is 2.15. The number of sulfone groups is 1. The summed E-state index contributed by atoms with van der Waals surface area (Å²) in [5.41, 5.74) is 0.573. The minimum Gasteiger partial charge on any atom is -0.300 e. The van der Waals surface area contributed by atoms with E-state index in [0.717, 1.165) is 0 Å². The van der Waals surface area contributed by atoms with Crippen LogP contribution in [0, 0.1) is 0 Å². The molecule has 2 aromatic rings. The monoisotopic (exact) mass is 356 g/mol. The maximum absolute atomic E-state index is 12.9. The molecular weight excluding hydrogens is 343 g/mol. The molecule has 3 nitrogen and oxygen atoms in total. The lowest BCUT2D eigenvalue weighted by Gasteiger charge is -2.17. The Morgan fingerprint density at radius 1 is 1.05 bits per heavy atom. The first-order valence-corrected chi connectivity index (χ1v) is 8.86. The first-order valence-electron chi connectivity index (χ1n) is 6.55. The van der Waals surface area contributed by atoms with Crippen molar-refractivity contribution in [2.45, 2.75) is 23.5 Å². The summed E-state index contributed by atoms with van der Waals surface area (Å²) in [4.78, 5) is 11.6. The third-order valence-electron chi connectivity index (χ3n) is 3.24. The SMILES string of the molecule is CC(=O)CC(c1ccccc1)S(=O)(=O)c1ccc(Cl)c(Cl)c1. The molecule has 1 atom stereocenters. The highest BCUT2D eigenvalue weighted by atomic mass is 35.5. The van der Waals surface area contributed by atoms with Gasteiger partial charge in [-0.1, -0.05) is 53.5 Å². The molecule has 0 saturated carbocycles. The van der Waals surface area contributed by atoms with E-state index in [1.54, 1.807) is 30.3 Å². The summed E-state index contributed by atoms with van der Waals surface area (Å²) < 4.78 is 25.8. The normalized spacial score (nSPS) is 12.9. The fourth-order valence-corrected chi connectivity index (χ4v) is 4.35. The molecule has 0 bridgehead atoms. The van der Waals surface area contributed by atoms with Crippen LogP contribution in [0.1, 0.15) is 24.2 Å². The van der Waals surface area contributed by atoms with Crippen LogP contribution in [-0.2, 0) is 14.6 Å². The number of ketones is 1. The number of hydrogen-bond acceptors (Lipinski definition) is 3. The molecule has 0 spiro atoms. The van der Waals surface area contributed by atoms with Gasteiger partial charge in [0, 0.05) is 6.42 Å². The number of rotatable bonds is 5. The Balaban J connectivity index is 2.54. The Kier molecular flexibility index (Phi) is 5.27. The maximum Gasteiger partial charge on any atom is 0.185 e. The second-order valence-corrected chi connectivity index (χ2v) is 7.87. The molecule has 1 unspecified atom stereocenters. The van der Waals surface area contributed by atoms with Gasteiger partial charge in [0.1, 0.15) is 5.78 Å². The quantitative estimate of drug-likeness (QED) is 0.792. The molecule has 0 N–H and O–H groups in total. The number of carbonyl (C=O) groups is 1. The van der Waals surface area contributed by atoms with E-state index in [4.69, 9.17) is 23.2 Å². The molecule has 0 radical (unpaired) electrons. The highest BCUT2D eigenvalue weighted by molar-refractivity contribution is 7.91. The van der Waals surface area contributed by atoms with Crippen LogP contribution in [0.3, 0.4) is 0 Å². The van der Waals surface area contributed by atoms with E-state index in [1.165, 1.54) is 25.1 Å². The van der Waals surface area contributed by atoms with Crippen molar-refractivity contribution in [1.82, 2.24) is 0 Å². The average Bonchev–Trinajstić information content (AvgIpc) is 2.48. The molecule has 6 heteroatoms. The van der Waals surface area contributed by atoms with Crippen molar-refractivity contribution in [2.75, 3.05) is 0 Å². The largest absolute Gasteiger partial charge is 0.300 e. The van der Waals surface area contributed by atoms with E-state index in [-0.39, 0.29) is 27.1 Å². The molecule has 0 saturated heterocycles. The molecule has 22 heavy (non-hydrogen) atoms.